The van der Waals surface area contributed by atoms with Crippen molar-refractivity contribution in [3.63, 3.8) is 0 Å². The topological polar surface area (TPSA) is 46.5 Å². The van der Waals surface area contributed by atoms with E-state index >= 15 is 0 Å². The summed E-state index contributed by atoms with van der Waals surface area (Å²) in [5.41, 5.74) is 0. The second-order valence-electron chi connectivity index (χ2n) is 2.58. The number of ether oxygens (including phenoxy) is 1. The van der Waals surface area contributed by atoms with E-state index < -0.39 is 5.97 Å². The minimum absolute atomic E-state index is 0.00866. The van der Waals surface area contributed by atoms with E-state index in [0.717, 1.165) is 12.8 Å². The summed E-state index contributed by atoms with van der Waals surface area (Å²) in [4.78, 5) is 10.1. The van der Waals surface area contributed by atoms with Crippen molar-refractivity contribution in [3.8, 4) is 0 Å². The Morgan fingerprint density at radius 2 is 2.42 bits per heavy atom. The summed E-state index contributed by atoms with van der Waals surface area (Å²) in [5, 5.41) is 8.32. The van der Waals surface area contributed by atoms with E-state index in [1.807, 2.05) is 0 Å². The third-order valence-corrected chi connectivity index (χ3v) is 1.48. The van der Waals surface area contributed by atoms with E-state index in [0.29, 0.717) is 0 Å². The molecule has 0 radical (unpaired) electrons. The van der Waals surface area contributed by atoms with Crippen LogP contribution in [0.4, 0.5) is 0 Å². The molecule has 0 aromatic carbocycles. The molecule has 0 aromatic heterocycles. The average molecular weight is 172 g/mol. The molecule has 1 atom stereocenters. The number of rotatable bonds is 7. The SMILES string of the molecule is C=CC(CCC)OCCC(=O)O. The molecule has 0 aromatic rings. The van der Waals surface area contributed by atoms with Gasteiger partial charge in [-0.25, -0.2) is 0 Å². The lowest BCUT2D eigenvalue weighted by atomic mass is 10.2. The Morgan fingerprint density at radius 1 is 1.75 bits per heavy atom. The Balaban J connectivity index is 3.44. The number of aliphatic carboxylic acids is 1. The number of carbonyl (C=O) groups is 1. The van der Waals surface area contributed by atoms with Crippen LogP contribution in [-0.2, 0) is 9.53 Å². The fraction of sp³-hybridized carbons (Fsp3) is 0.667. The molecular weight excluding hydrogens is 156 g/mol. The molecule has 0 fully saturated rings. The van der Waals surface area contributed by atoms with Gasteiger partial charge in [0, 0.05) is 0 Å². The van der Waals surface area contributed by atoms with Crippen LogP contribution >= 0.6 is 0 Å². The maximum Gasteiger partial charge on any atom is 0.305 e. The van der Waals surface area contributed by atoms with E-state index in [4.69, 9.17) is 9.84 Å². The van der Waals surface area contributed by atoms with Gasteiger partial charge in [-0.2, -0.15) is 0 Å². The molecule has 0 saturated carbocycles. The molecule has 0 amide bonds. The number of hydrogen-bond donors (Lipinski definition) is 1. The summed E-state index contributed by atoms with van der Waals surface area (Å²) in [6, 6.07) is 0. The Morgan fingerprint density at radius 3 is 2.83 bits per heavy atom. The summed E-state index contributed by atoms with van der Waals surface area (Å²) in [6.45, 7) is 5.93. The van der Waals surface area contributed by atoms with E-state index in [9.17, 15) is 4.79 Å². The van der Waals surface area contributed by atoms with E-state index in [1.165, 1.54) is 0 Å². The molecule has 3 nitrogen and oxygen atoms in total. The van der Waals surface area contributed by atoms with Gasteiger partial charge in [0.05, 0.1) is 19.1 Å². The van der Waals surface area contributed by atoms with Crippen molar-refractivity contribution in [1.29, 1.82) is 0 Å². The smallest absolute Gasteiger partial charge is 0.305 e. The molecule has 3 heteroatoms. The van der Waals surface area contributed by atoms with Gasteiger partial charge in [-0.3, -0.25) is 4.79 Å². The largest absolute Gasteiger partial charge is 0.481 e. The minimum atomic E-state index is -0.825. The fourth-order valence-electron chi connectivity index (χ4n) is 0.851. The number of carboxylic acid groups (broad SMARTS) is 1. The van der Waals surface area contributed by atoms with E-state index in [2.05, 4.69) is 13.5 Å². The van der Waals surface area contributed by atoms with Gasteiger partial charge in [0.2, 0.25) is 0 Å². The highest BCUT2D eigenvalue weighted by Gasteiger charge is 2.03. The molecule has 0 rings (SSSR count). The first-order valence-electron chi connectivity index (χ1n) is 4.16. The molecule has 0 aliphatic rings. The van der Waals surface area contributed by atoms with Crippen LogP contribution in [0, 0.1) is 0 Å². The van der Waals surface area contributed by atoms with Crippen molar-refractivity contribution >= 4 is 5.97 Å². The van der Waals surface area contributed by atoms with E-state index in [1.54, 1.807) is 6.08 Å². The van der Waals surface area contributed by atoms with Crippen LogP contribution in [0.2, 0.25) is 0 Å². The molecule has 0 spiro atoms. The Hall–Kier alpha value is -0.830. The average Bonchev–Trinajstić information content (AvgIpc) is 2.02. The Kier molecular flexibility index (Phi) is 6.38. The standard InChI is InChI=1S/C9H16O3/c1-3-5-8(4-2)12-7-6-9(10)11/h4,8H,2-3,5-7H2,1H3,(H,10,11). The van der Waals surface area contributed by atoms with Crippen molar-refractivity contribution in [1.82, 2.24) is 0 Å². The van der Waals surface area contributed by atoms with Crippen molar-refractivity contribution < 1.29 is 14.6 Å². The van der Waals surface area contributed by atoms with Gasteiger partial charge in [0.15, 0.2) is 0 Å². The lowest BCUT2D eigenvalue weighted by molar-refractivity contribution is -0.138. The van der Waals surface area contributed by atoms with Crippen LogP contribution in [0.15, 0.2) is 12.7 Å². The summed E-state index contributed by atoms with van der Waals surface area (Å²) < 4.78 is 5.24. The summed E-state index contributed by atoms with van der Waals surface area (Å²) in [7, 11) is 0. The van der Waals surface area contributed by atoms with Gasteiger partial charge in [-0.15, -0.1) is 6.58 Å². The maximum atomic E-state index is 10.1. The van der Waals surface area contributed by atoms with Crippen LogP contribution in [0.3, 0.4) is 0 Å². The molecule has 1 N–H and O–H groups in total. The Bertz CT molecular complexity index is 143. The van der Waals surface area contributed by atoms with Crippen LogP contribution < -0.4 is 0 Å². The minimum Gasteiger partial charge on any atom is -0.481 e. The quantitative estimate of drug-likeness (QED) is 0.596. The first kappa shape index (κ1) is 11.2. The second kappa shape index (κ2) is 6.85. The lowest BCUT2D eigenvalue weighted by Crippen LogP contribution is -2.12. The van der Waals surface area contributed by atoms with Crippen LogP contribution in [-0.4, -0.2) is 23.8 Å². The molecule has 0 aliphatic carbocycles. The van der Waals surface area contributed by atoms with Crippen LogP contribution in [0.1, 0.15) is 26.2 Å². The van der Waals surface area contributed by atoms with Crippen molar-refractivity contribution in [2.24, 2.45) is 0 Å². The zero-order valence-corrected chi connectivity index (χ0v) is 7.45. The highest BCUT2D eigenvalue weighted by molar-refractivity contribution is 5.66. The monoisotopic (exact) mass is 172 g/mol. The lowest BCUT2D eigenvalue weighted by Gasteiger charge is -2.11. The summed E-state index contributed by atoms with van der Waals surface area (Å²) >= 11 is 0. The van der Waals surface area contributed by atoms with Gasteiger partial charge in [-0.1, -0.05) is 19.4 Å². The molecule has 0 aliphatic heterocycles. The Labute approximate surface area is 73.0 Å². The highest BCUT2D eigenvalue weighted by Crippen LogP contribution is 2.03. The normalized spacial score (nSPS) is 12.4. The maximum absolute atomic E-state index is 10.1. The van der Waals surface area contributed by atoms with Crippen molar-refractivity contribution in [2.45, 2.75) is 32.3 Å². The fourth-order valence-corrected chi connectivity index (χ4v) is 0.851. The van der Waals surface area contributed by atoms with Crippen LogP contribution in [0.25, 0.3) is 0 Å². The summed E-state index contributed by atoms with van der Waals surface area (Å²) in [5.74, 6) is -0.825. The van der Waals surface area contributed by atoms with Gasteiger partial charge >= 0.3 is 5.97 Å². The van der Waals surface area contributed by atoms with Crippen LogP contribution in [0.5, 0.6) is 0 Å². The molecule has 0 heterocycles. The molecule has 70 valence electrons. The molecule has 12 heavy (non-hydrogen) atoms. The zero-order chi connectivity index (χ0) is 9.40. The predicted molar refractivity (Wildman–Crippen MR) is 47.1 cm³/mol. The number of carboxylic acids is 1. The third kappa shape index (κ3) is 5.92. The van der Waals surface area contributed by atoms with Gasteiger partial charge in [0.25, 0.3) is 0 Å². The first-order chi connectivity index (χ1) is 5.70. The molecule has 0 saturated heterocycles. The molecule has 0 bridgehead atoms. The summed E-state index contributed by atoms with van der Waals surface area (Å²) in [6.07, 6.45) is 3.71. The molecular formula is C9H16O3. The van der Waals surface area contributed by atoms with Gasteiger partial charge in [-0.05, 0) is 6.42 Å². The number of hydrogen-bond acceptors (Lipinski definition) is 2. The second-order valence-corrected chi connectivity index (χ2v) is 2.58. The highest BCUT2D eigenvalue weighted by atomic mass is 16.5. The van der Waals surface area contributed by atoms with E-state index in [-0.39, 0.29) is 19.1 Å². The van der Waals surface area contributed by atoms with Crippen molar-refractivity contribution in [3.05, 3.63) is 12.7 Å². The van der Waals surface area contributed by atoms with Gasteiger partial charge < -0.3 is 9.84 Å². The zero-order valence-electron chi connectivity index (χ0n) is 7.45. The third-order valence-electron chi connectivity index (χ3n) is 1.48. The first-order valence-corrected chi connectivity index (χ1v) is 4.16. The predicted octanol–water partition coefficient (Wildman–Crippen LogP) is 1.83. The molecule has 1 unspecified atom stereocenters. The van der Waals surface area contributed by atoms with Crippen molar-refractivity contribution in [2.75, 3.05) is 6.61 Å². The van der Waals surface area contributed by atoms with Gasteiger partial charge in [0.1, 0.15) is 0 Å².